The molecule has 74 valence electrons. The fourth-order valence-corrected chi connectivity index (χ4v) is 0.815. The van der Waals surface area contributed by atoms with E-state index in [9.17, 15) is 0 Å². The Morgan fingerprint density at radius 2 is 2.15 bits per heavy atom. The summed E-state index contributed by atoms with van der Waals surface area (Å²) < 4.78 is 4.92. The van der Waals surface area contributed by atoms with Crippen molar-refractivity contribution in [2.24, 2.45) is 10.7 Å². The van der Waals surface area contributed by atoms with Crippen molar-refractivity contribution in [3.63, 3.8) is 0 Å². The molecule has 0 saturated carbocycles. The number of hydrogen-bond donors (Lipinski definition) is 1. The van der Waals surface area contributed by atoms with Gasteiger partial charge in [-0.25, -0.2) is 0 Å². The van der Waals surface area contributed by atoms with E-state index in [1.54, 1.807) is 14.0 Å². The van der Waals surface area contributed by atoms with Gasteiger partial charge in [0.05, 0.1) is 12.9 Å². The lowest BCUT2D eigenvalue weighted by Crippen LogP contribution is -2.06. The van der Waals surface area contributed by atoms with Gasteiger partial charge in [-0.2, -0.15) is 0 Å². The second-order valence-electron chi connectivity index (χ2n) is 2.93. The molecule has 0 aliphatic heterocycles. The number of nitrogens with two attached hydrogens (primary N) is 1. The van der Waals surface area contributed by atoms with Crippen LogP contribution in [-0.4, -0.2) is 19.5 Å². The molecule has 0 rings (SSSR count). The van der Waals surface area contributed by atoms with Crippen LogP contribution in [0.5, 0.6) is 0 Å². The molecular formula is C10H18N2O. The number of methoxy groups -OCH3 is 1. The topological polar surface area (TPSA) is 47.6 Å². The molecule has 0 spiro atoms. The standard InChI is InChI=1S/C10H18N2O/c1-8(7-9(2)13-4)5-6-12-10(3)11/h7H,2,5-6H2,1,3-4H3,(H2,11,12). The number of hydrogen-bond acceptors (Lipinski definition) is 2. The van der Waals surface area contributed by atoms with Gasteiger partial charge < -0.3 is 10.5 Å². The maximum atomic E-state index is 5.39. The van der Waals surface area contributed by atoms with Gasteiger partial charge >= 0.3 is 0 Å². The fraction of sp³-hybridized carbons (Fsp3) is 0.500. The molecule has 0 unspecified atom stereocenters. The largest absolute Gasteiger partial charge is 0.497 e. The molecule has 0 saturated heterocycles. The molecule has 0 radical (unpaired) electrons. The van der Waals surface area contributed by atoms with Crippen LogP contribution >= 0.6 is 0 Å². The number of rotatable bonds is 5. The van der Waals surface area contributed by atoms with Crippen molar-refractivity contribution in [1.82, 2.24) is 0 Å². The third-order valence-electron chi connectivity index (χ3n) is 1.54. The highest BCUT2D eigenvalue weighted by atomic mass is 16.5. The maximum Gasteiger partial charge on any atom is 0.111 e. The van der Waals surface area contributed by atoms with E-state index in [2.05, 4.69) is 11.6 Å². The highest BCUT2D eigenvalue weighted by molar-refractivity contribution is 5.77. The van der Waals surface area contributed by atoms with E-state index in [4.69, 9.17) is 10.5 Å². The molecule has 0 bridgehead atoms. The second kappa shape index (κ2) is 6.29. The van der Waals surface area contributed by atoms with E-state index < -0.39 is 0 Å². The second-order valence-corrected chi connectivity index (χ2v) is 2.93. The lowest BCUT2D eigenvalue weighted by atomic mass is 10.2. The highest BCUT2D eigenvalue weighted by Crippen LogP contribution is 2.04. The van der Waals surface area contributed by atoms with Crippen LogP contribution in [-0.2, 0) is 4.74 Å². The molecule has 3 heteroatoms. The van der Waals surface area contributed by atoms with E-state index in [0.717, 1.165) is 13.0 Å². The SMILES string of the molecule is C=C(C=C(C)CCN=C(C)N)OC. The van der Waals surface area contributed by atoms with E-state index in [-0.39, 0.29) is 0 Å². The summed E-state index contributed by atoms with van der Waals surface area (Å²) >= 11 is 0. The molecule has 0 aliphatic carbocycles. The molecule has 0 atom stereocenters. The first-order valence-electron chi connectivity index (χ1n) is 4.23. The molecule has 0 heterocycles. The monoisotopic (exact) mass is 182 g/mol. The summed E-state index contributed by atoms with van der Waals surface area (Å²) in [7, 11) is 1.61. The molecule has 0 aromatic heterocycles. The van der Waals surface area contributed by atoms with Gasteiger partial charge in [0.2, 0.25) is 0 Å². The summed E-state index contributed by atoms with van der Waals surface area (Å²) in [6.07, 6.45) is 2.79. The van der Waals surface area contributed by atoms with Crippen LogP contribution in [0, 0.1) is 0 Å². The Morgan fingerprint density at radius 3 is 2.62 bits per heavy atom. The summed E-state index contributed by atoms with van der Waals surface area (Å²) in [5, 5.41) is 0. The Hall–Kier alpha value is -1.25. The number of nitrogens with zero attached hydrogens (tertiary/aromatic N) is 1. The third-order valence-corrected chi connectivity index (χ3v) is 1.54. The summed E-state index contributed by atoms with van der Waals surface area (Å²) in [6.45, 7) is 8.23. The molecule has 0 amide bonds. The van der Waals surface area contributed by atoms with E-state index in [1.807, 2.05) is 13.0 Å². The predicted molar refractivity (Wildman–Crippen MR) is 56.7 cm³/mol. The van der Waals surface area contributed by atoms with Crippen molar-refractivity contribution in [3.8, 4) is 0 Å². The van der Waals surface area contributed by atoms with Crippen molar-refractivity contribution in [2.45, 2.75) is 20.3 Å². The Balaban J connectivity index is 3.87. The molecule has 0 aliphatic rings. The van der Waals surface area contributed by atoms with Gasteiger partial charge in [0.15, 0.2) is 0 Å². The minimum absolute atomic E-state index is 0.623. The van der Waals surface area contributed by atoms with Gasteiger partial charge in [0, 0.05) is 6.54 Å². The molecule has 0 fully saturated rings. The lowest BCUT2D eigenvalue weighted by molar-refractivity contribution is 0.308. The van der Waals surface area contributed by atoms with Crippen LogP contribution in [0.25, 0.3) is 0 Å². The zero-order valence-corrected chi connectivity index (χ0v) is 8.63. The summed E-state index contributed by atoms with van der Waals surface area (Å²) in [5.74, 6) is 1.30. The van der Waals surface area contributed by atoms with Crippen LogP contribution in [0.4, 0.5) is 0 Å². The number of ether oxygens (including phenoxy) is 1. The van der Waals surface area contributed by atoms with Crippen molar-refractivity contribution in [1.29, 1.82) is 0 Å². The van der Waals surface area contributed by atoms with Crippen LogP contribution in [0.15, 0.2) is 29.0 Å². The molecule has 13 heavy (non-hydrogen) atoms. The van der Waals surface area contributed by atoms with Crippen LogP contribution in [0.3, 0.4) is 0 Å². The lowest BCUT2D eigenvalue weighted by Gasteiger charge is -2.00. The van der Waals surface area contributed by atoms with Gasteiger partial charge in [-0.15, -0.1) is 0 Å². The summed E-state index contributed by atoms with van der Waals surface area (Å²) in [5.41, 5.74) is 6.59. The first-order valence-corrected chi connectivity index (χ1v) is 4.23. The Labute approximate surface area is 80.0 Å². The Bertz CT molecular complexity index is 225. The molecule has 2 N–H and O–H groups in total. The maximum absolute atomic E-state index is 5.39. The van der Waals surface area contributed by atoms with Gasteiger partial charge in [0.25, 0.3) is 0 Å². The summed E-state index contributed by atoms with van der Waals surface area (Å²) in [4.78, 5) is 4.08. The van der Waals surface area contributed by atoms with E-state index >= 15 is 0 Å². The zero-order chi connectivity index (χ0) is 10.3. The Kier molecular flexibility index (Phi) is 5.68. The minimum atomic E-state index is 0.623. The normalized spacial score (nSPS) is 12.8. The molecular weight excluding hydrogens is 164 g/mol. The molecule has 0 aromatic carbocycles. The smallest absolute Gasteiger partial charge is 0.111 e. The quantitative estimate of drug-likeness (QED) is 0.305. The number of amidine groups is 1. The first kappa shape index (κ1) is 11.8. The molecule has 0 aromatic rings. The van der Waals surface area contributed by atoms with Gasteiger partial charge in [0.1, 0.15) is 5.76 Å². The van der Waals surface area contributed by atoms with Crippen molar-refractivity contribution in [2.75, 3.05) is 13.7 Å². The molecule has 3 nitrogen and oxygen atoms in total. The van der Waals surface area contributed by atoms with E-state index in [0.29, 0.717) is 11.6 Å². The van der Waals surface area contributed by atoms with Crippen molar-refractivity contribution in [3.05, 3.63) is 24.0 Å². The average Bonchev–Trinajstić information content (AvgIpc) is 2.03. The fourth-order valence-electron chi connectivity index (χ4n) is 0.815. The van der Waals surface area contributed by atoms with Gasteiger partial charge in [-0.05, 0) is 26.3 Å². The van der Waals surface area contributed by atoms with Gasteiger partial charge in [-0.3, -0.25) is 4.99 Å². The third kappa shape index (κ3) is 7.12. The highest BCUT2D eigenvalue weighted by Gasteiger charge is 1.91. The van der Waals surface area contributed by atoms with Crippen LogP contribution in [0.1, 0.15) is 20.3 Å². The van der Waals surface area contributed by atoms with Crippen molar-refractivity contribution >= 4 is 5.84 Å². The van der Waals surface area contributed by atoms with Crippen LogP contribution in [0.2, 0.25) is 0 Å². The number of aliphatic imine (C=N–C) groups is 1. The van der Waals surface area contributed by atoms with Crippen molar-refractivity contribution < 1.29 is 4.74 Å². The Morgan fingerprint density at radius 1 is 1.54 bits per heavy atom. The average molecular weight is 182 g/mol. The number of allylic oxidation sites excluding steroid dienone is 1. The van der Waals surface area contributed by atoms with Crippen LogP contribution < -0.4 is 5.73 Å². The minimum Gasteiger partial charge on any atom is -0.497 e. The zero-order valence-electron chi connectivity index (χ0n) is 8.63. The van der Waals surface area contributed by atoms with E-state index in [1.165, 1.54) is 5.57 Å². The predicted octanol–water partition coefficient (Wildman–Crippen LogP) is 1.86. The summed E-state index contributed by atoms with van der Waals surface area (Å²) in [6, 6.07) is 0. The first-order chi connectivity index (χ1) is 6.06. The van der Waals surface area contributed by atoms with Gasteiger partial charge in [-0.1, -0.05) is 12.2 Å².